The average molecular weight is 268 g/mol. The van der Waals surface area contributed by atoms with Crippen LogP contribution in [0.25, 0.3) is 10.8 Å². The Morgan fingerprint density at radius 1 is 1.36 bits per heavy atom. The number of benzene rings is 1. The molecule has 0 atom stereocenters. The lowest BCUT2D eigenvalue weighted by Crippen LogP contribution is -1.86. The van der Waals surface area contributed by atoms with Crippen LogP contribution in [0.3, 0.4) is 0 Å². The van der Waals surface area contributed by atoms with Crippen molar-refractivity contribution in [3.05, 3.63) is 39.6 Å². The van der Waals surface area contributed by atoms with Crippen LogP contribution < -0.4 is 0 Å². The SMILES string of the molecule is N#Cc1c(Cl)ncc2c(Br)cccc12. The first-order valence-electron chi connectivity index (χ1n) is 3.87. The zero-order valence-corrected chi connectivity index (χ0v) is 9.30. The lowest BCUT2D eigenvalue weighted by atomic mass is 10.1. The van der Waals surface area contributed by atoms with Crippen LogP contribution >= 0.6 is 27.5 Å². The molecule has 0 radical (unpaired) electrons. The molecule has 0 amide bonds. The molecule has 1 heterocycles. The van der Waals surface area contributed by atoms with E-state index >= 15 is 0 Å². The Bertz CT molecular complexity index is 546. The second kappa shape index (κ2) is 3.56. The Labute approximate surface area is 94.3 Å². The molecule has 0 aliphatic carbocycles. The first-order valence-corrected chi connectivity index (χ1v) is 5.04. The van der Waals surface area contributed by atoms with Gasteiger partial charge >= 0.3 is 0 Å². The van der Waals surface area contributed by atoms with Gasteiger partial charge in [0.2, 0.25) is 0 Å². The van der Waals surface area contributed by atoms with Crippen LogP contribution in [0.4, 0.5) is 0 Å². The van der Waals surface area contributed by atoms with Crippen LogP contribution in [0, 0.1) is 11.3 Å². The first kappa shape index (κ1) is 9.45. The number of aromatic nitrogens is 1. The molecule has 1 aromatic heterocycles. The maximum Gasteiger partial charge on any atom is 0.147 e. The van der Waals surface area contributed by atoms with Crippen molar-refractivity contribution < 1.29 is 0 Å². The van der Waals surface area contributed by atoms with E-state index in [4.69, 9.17) is 16.9 Å². The molecule has 2 rings (SSSR count). The van der Waals surface area contributed by atoms with E-state index in [-0.39, 0.29) is 5.15 Å². The summed E-state index contributed by atoms with van der Waals surface area (Å²) in [4.78, 5) is 3.95. The van der Waals surface area contributed by atoms with Gasteiger partial charge in [-0.1, -0.05) is 39.7 Å². The Morgan fingerprint density at radius 2 is 2.14 bits per heavy atom. The second-order valence-electron chi connectivity index (χ2n) is 2.74. The summed E-state index contributed by atoms with van der Waals surface area (Å²) in [5.41, 5.74) is 0.422. The van der Waals surface area contributed by atoms with E-state index in [0.29, 0.717) is 5.56 Å². The van der Waals surface area contributed by atoms with Gasteiger partial charge in [-0.2, -0.15) is 5.26 Å². The third-order valence-electron chi connectivity index (χ3n) is 1.95. The topological polar surface area (TPSA) is 36.7 Å². The van der Waals surface area contributed by atoms with Crippen molar-refractivity contribution in [3.63, 3.8) is 0 Å². The number of halogens is 2. The molecule has 4 heteroatoms. The number of pyridine rings is 1. The van der Waals surface area contributed by atoms with Gasteiger partial charge in [0.1, 0.15) is 11.2 Å². The number of nitriles is 1. The molecule has 0 unspecified atom stereocenters. The number of fused-ring (bicyclic) bond motifs is 1. The van der Waals surface area contributed by atoms with E-state index < -0.39 is 0 Å². The van der Waals surface area contributed by atoms with E-state index in [0.717, 1.165) is 15.2 Å². The molecule has 0 fully saturated rings. The second-order valence-corrected chi connectivity index (χ2v) is 3.95. The molecular formula is C10H4BrClN2. The van der Waals surface area contributed by atoms with Crippen LogP contribution in [0.1, 0.15) is 5.56 Å². The fourth-order valence-electron chi connectivity index (χ4n) is 1.29. The molecule has 0 N–H and O–H groups in total. The van der Waals surface area contributed by atoms with Gasteiger partial charge < -0.3 is 0 Å². The fourth-order valence-corrected chi connectivity index (χ4v) is 1.95. The molecule has 0 aliphatic rings. The van der Waals surface area contributed by atoms with E-state index in [1.54, 1.807) is 6.20 Å². The minimum atomic E-state index is 0.248. The first-order chi connectivity index (χ1) is 6.74. The van der Waals surface area contributed by atoms with Crippen LogP contribution in [-0.4, -0.2) is 4.98 Å². The third kappa shape index (κ3) is 1.37. The van der Waals surface area contributed by atoms with Gasteiger partial charge in [-0.3, -0.25) is 0 Å². The van der Waals surface area contributed by atoms with Crippen molar-refractivity contribution in [3.8, 4) is 6.07 Å². The van der Waals surface area contributed by atoms with Crippen molar-refractivity contribution in [2.75, 3.05) is 0 Å². The summed E-state index contributed by atoms with van der Waals surface area (Å²) in [6, 6.07) is 7.67. The van der Waals surface area contributed by atoms with Crippen LogP contribution in [0.15, 0.2) is 28.9 Å². The Kier molecular flexibility index (Phi) is 2.40. The minimum absolute atomic E-state index is 0.248. The number of rotatable bonds is 0. The predicted molar refractivity (Wildman–Crippen MR) is 59.2 cm³/mol. The summed E-state index contributed by atoms with van der Waals surface area (Å²) in [5.74, 6) is 0. The van der Waals surface area contributed by atoms with Gasteiger partial charge in [-0.15, -0.1) is 0 Å². The monoisotopic (exact) mass is 266 g/mol. The van der Waals surface area contributed by atoms with Crippen molar-refractivity contribution >= 4 is 38.3 Å². The van der Waals surface area contributed by atoms with Crippen LogP contribution in [0.5, 0.6) is 0 Å². The van der Waals surface area contributed by atoms with Gasteiger partial charge in [0.25, 0.3) is 0 Å². The summed E-state index contributed by atoms with van der Waals surface area (Å²) in [5, 5.41) is 10.9. The molecule has 0 spiro atoms. The Morgan fingerprint density at radius 3 is 2.86 bits per heavy atom. The number of hydrogen-bond donors (Lipinski definition) is 0. The molecule has 0 saturated heterocycles. The molecule has 2 aromatic rings. The molecule has 0 bridgehead atoms. The van der Waals surface area contributed by atoms with Crippen molar-refractivity contribution in [2.24, 2.45) is 0 Å². The zero-order chi connectivity index (χ0) is 10.1. The minimum Gasteiger partial charge on any atom is -0.242 e. The van der Waals surface area contributed by atoms with Gasteiger partial charge in [0.15, 0.2) is 0 Å². The van der Waals surface area contributed by atoms with Gasteiger partial charge in [-0.25, -0.2) is 4.98 Å². The van der Waals surface area contributed by atoms with Gasteiger partial charge in [0.05, 0.1) is 5.56 Å². The summed E-state index contributed by atoms with van der Waals surface area (Å²) in [6.45, 7) is 0. The molecule has 14 heavy (non-hydrogen) atoms. The van der Waals surface area contributed by atoms with Crippen molar-refractivity contribution in [2.45, 2.75) is 0 Å². The normalized spacial score (nSPS) is 10.1. The highest BCUT2D eigenvalue weighted by Crippen LogP contribution is 2.28. The van der Waals surface area contributed by atoms with Gasteiger partial charge in [-0.05, 0) is 6.07 Å². The number of nitrogens with zero attached hydrogens (tertiary/aromatic N) is 2. The lowest BCUT2D eigenvalue weighted by Gasteiger charge is -2.02. The largest absolute Gasteiger partial charge is 0.242 e. The predicted octanol–water partition coefficient (Wildman–Crippen LogP) is 3.52. The van der Waals surface area contributed by atoms with E-state index in [2.05, 4.69) is 27.0 Å². The smallest absolute Gasteiger partial charge is 0.147 e. The Hall–Kier alpha value is -1.11. The zero-order valence-electron chi connectivity index (χ0n) is 6.96. The van der Waals surface area contributed by atoms with Crippen LogP contribution in [0.2, 0.25) is 5.15 Å². The molecule has 0 saturated carbocycles. The van der Waals surface area contributed by atoms with Gasteiger partial charge in [0, 0.05) is 21.4 Å². The summed E-state index contributed by atoms with van der Waals surface area (Å²) < 4.78 is 0.913. The van der Waals surface area contributed by atoms with E-state index in [1.807, 2.05) is 18.2 Å². The van der Waals surface area contributed by atoms with Crippen LogP contribution in [-0.2, 0) is 0 Å². The quantitative estimate of drug-likeness (QED) is 0.685. The lowest BCUT2D eigenvalue weighted by molar-refractivity contribution is 1.33. The molecular weight excluding hydrogens is 263 g/mol. The van der Waals surface area contributed by atoms with E-state index in [9.17, 15) is 0 Å². The highest BCUT2D eigenvalue weighted by molar-refractivity contribution is 9.10. The average Bonchev–Trinajstić information content (AvgIpc) is 2.18. The fraction of sp³-hybridized carbons (Fsp3) is 0. The molecule has 68 valence electrons. The van der Waals surface area contributed by atoms with Crippen molar-refractivity contribution in [1.82, 2.24) is 4.98 Å². The third-order valence-corrected chi connectivity index (χ3v) is 2.93. The molecule has 2 nitrogen and oxygen atoms in total. The van der Waals surface area contributed by atoms with E-state index in [1.165, 1.54) is 0 Å². The summed E-state index contributed by atoms with van der Waals surface area (Å²) in [6.07, 6.45) is 1.66. The highest BCUT2D eigenvalue weighted by Gasteiger charge is 2.07. The summed E-state index contributed by atoms with van der Waals surface area (Å²) >= 11 is 9.20. The Balaban J connectivity index is 2.97. The maximum absolute atomic E-state index is 8.92. The number of hydrogen-bond acceptors (Lipinski definition) is 2. The van der Waals surface area contributed by atoms with Crippen molar-refractivity contribution in [1.29, 1.82) is 5.26 Å². The maximum atomic E-state index is 8.92. The standard InChI is InChI=1S/C10H4BrClN2/c11-9-3-1-2-6-7(4-13)10(12)14-5-8(6)9/h1-3,5H. The molecule has 1 aromatic carbocycles. The highest BCUT2D eigenvalue weighted by atomic mass is 79.9. The molecule has 0 aliphatic heterocycles. The summed E-state index contributed by atoms with van der Waals surface area (Å²) in [7, 11) is 0.